The average Bonchev–Trinajstić information content (AvgIpc) is 2.70. The summed E-state index contributed by atoms with van der Waals surface area (Å²) in [6, 6.07) is 4.44. The summed E-state index contributed by atoms with van der Waals surface area (Å²) in [5.74, 6) is 1.72. The second kappa shape index (κ2) is 5.53. The Balaban J connectivity index is 0.000000574. The molecular weight excluding hydrogens is 222 g/mol. The van der Waals surface area contributed by atoms with E-state index < -0.39 is 0 Å². The van der Waals surface area contributed by atoms with Crippen LogP contribution in [0.4, 0.5) is 0 Å². The van der Waals surface area contributed by atoms with Crippen molar-refractivity contribution >= 4 is 11.0 Å². The molecule has 1 fully saturated rings. The Bertz CT molecular complexity index is 524. The summed E-state index contributed by atoms with van der Waals surface area (Å²) in [7, 11) is 0. The molecule has 3 nitrogen and oxygen atoms in total. The molecule has 1 aliphatic rings. The normalized spacial score (nSPS) is 15.1. The van der Waals surface area contributed by atoms with Gasteiger partial charge >= 0.3 is 0 Å². The number of nitrogens with one attached hydrogen (secondary N) is 2. The number of benzene rings is 1. The number of imidazole rings is 1. The molecule has 0 atom stereocenters. The maximum atomic E-state index is 4.69. The van der Waals surface area contributed by atoms with Crippen LogP contribution in [-0.4, -0.2) is 23.1 Å². The van der Waals surface area contributed by atoms with Crippen LogP contribution in [0.25, 0.3) is 11.0 Å². The van der Waals surface area contributed by atoms with Crippen molar-refractivity contribution in [1.82, 2.24) is 15.3 Å². The van der Waals surface area contributed by atoms with E-state index in [-0.39, 0.29) is 0 Å². The second-order valence-electron chi connectivity index (χ2n) is 4.63. The van der Waals surface area contributed by atoms with Gasteiger partial charge in [0, 0.05) is 19.0 Å². The van der Waals surface area contributed by atoms with Crippen LogP contribution in [0.2, 0.25) is 0 Å². The van der Waals surface area contributed by atoms with Crippen molar-refractivity contribution in [3.63, 3.8) is 0 Å². The number of H-pyrrole nitrogens is 1. The van der Waals surface area contributed by atoms with Gasteiger partial charge < -0.3 is 10.3 Å². The highest BCUT2D eigenvalue weighted by Crippen LogP contribution is 2.23. The molecule has 98 valence electrons. The lowest BCUT2D eigenvalue weighted by molar-refractivity contribution is 0.433. The molecule has 0 radical (unpaired) electrons. The predicted octanol–water partition coefficient (Wildman–Crippen LogP) is 3.15. The SMILES string of the molecule is CC.CCc1cc2nc(C3CNC3)[nH]c2cc1C. The number of nitrogens with zero attached hydrogens (tertiary/aromatic N) is 1. The van der Waals surface area contributed by atoms with Gasteiger partial charge in [-0.2, -0.15) is 0 Å². The van der Waals surface area contributed by atoms with Crippen molar-refractivity contribution in [3.05, 3.63) is 29.1 Å². The van der Waals surface area contributed by atoms with E-state index in [0.717, 1.165) is 30.9 Å². The maximum absolute atomic E-state index is 4.69. The number of rotatable bonds is 2. The van der Waals surface area contributed by atoms with Crippen LogP contribution < -0.4 is 5.32 Å². The Hall–Kier alpha value is -1.35. The summed E-state index contributed by atoms with van der Waals surface area (Å²) < 4.78 is 0. The fourth-order valence-electron chi connectivity index (χ4n) is 2.28. The predicted molar refractivity (Wildman–Crippen MR) is 77.2 cm³/mol. The molecule has 0 aliphatic carbocycles. The van der Waals surface area contributed by atoms with Gasteiger partial charge in [-0.05, 0) is 36.6 Å². The van der Waals surface area contributed by atoms with Gasteiger partial charge in [0.1, 0.15) is 5.82 Å². The molecule has 0 amide bonds. The summed E-state index contributed by atoms with van der Waals surface area (Å²) in [5.41, 5.74) is 5.05. The van der Waals surface area contributed by atoms with Crippen molar-refractivity contribution in [2.75, 3.05) is 13.1 Å². The summed E-state index contributed by atoms with van der Waals surface area (Å²) in [6.45, 7) is 10.5. The van der Waals surface area contributed by atoms with Gasteiger partial charge in [-0.25, -0.2) is 4.98 Å². The first kappa shape index (κ1) is 13.1. The summed E-state index contributed by atoms with van der Waals surface area (Å²) in [4.78, 5) is 8.13. The zero-order valence-electron chi connectivity index (χ0n) is 11.8. The van der Waals surface area contributed by atoms with Crippen LogP contribution in [0.5, 0.6) is 0 Å². The van der Waals surface area contributed by atoms with E-state index in [0.29, 0.717) is 5.92 Å². The minimum atomic E-state index is 0.581. The van der Waals surface area contributed by atoms with Gasteiger partial charge in [0.15, 0.2) is 0 Å². The molecular formula is C15H23N3. The van der Waals surface area contributed by atoms with Gasteiger partial charge in [-0.3, -0.25) is 0 Å². The van der Waals surface area contributed by atoms with Crippen LogP contribution in [0.1, 0.15) is 43.6 Å². The molecule has 3 rings (SSSR count). The lowest BCUT2D eigenvalue weighted by Crippen LogP contribution is -2.40. The van der Waals surface area contributed by atoms with Crippen molar-refractivity contribution in [1.29, 1.82) is 0 Å². The fraction of sp³-hybridized carbons (Fsp3) is 0.533. The van der Waals surface area contributed by atoms with Gasteiger partial charge in [0.25, 0.3) is 0 Å². The molecule has 2 N–H and O–H groups in total. The number of aryl methyl sites for hydroxylation is 2. The minimum absolute atomic E-state index is 0.581. The highest BCUT2D eigenvalue weighted by molar-refractivity contribution is 5.77. The summed E-state index contributed by atoms with van der Waals surface area (Å²) >= 11 is 0. The first-order valence-electron chi connectivity index (χ1n) is 6.97. The third-order valence-electron chi connectivity index (χ3n) is 3.51. The number of fused-ring (bicyclic) bond motifs is 1. The van der Waals surface area contributed by atoms with Crippen LogP contribution in [0.3, 0.4) is 0 Å². The smallest absolute Gasteiger partial charge is 0.112 e. The third kappa shape index (κ3) is 2.27. The molecule has 1 aliphatic heterocycles. The van der Waals surface area contributed by atoms with Crippen LogP contribution in [-0.2, 0) is 6.42 Å². The van der Waals surface area contributed by atoms with E-state index in [2.05, 4.69) is 41.3 Å². The van der Waals surface area contributed by atoms with E-state index in [9.17, 15) is 0 Å². The zero-order valence-corrected chi connectivity index (χ0v) is 11.8. The maximum Gasteiger partial charge on any atom is 0.112 e. The standard InChI is InChI=1S/C13H17N3.C2H6/c1-3-9-5-12-11(4-8(9)2)15-13(16-12)10-6-14-7-10;1-2/h4-5,10,14H,3,6-7H2,1-2H3,(H,15,16);1-2H3. The Morgan fingerprint density at radius 2 is 2.00 bits per heavy atom. The second-order valence-corrected chi connectivity index (χ2v) is 4.63. The Kier molecular flexibility index (Phi) is 4.02. The Morgan fingerprint density at radius 1 is 1.28 bits per heavy atom. The highest BCUT2D eigenvalue weighted by Gasteiger charge is 2.22. The van der Waals surface area contributed by atoms with E-state index in [1.54, 1.807) is 0 Å². The third-order valence-corrected chi connectivity index (χ3v) is 3.51. The zero-order chi connectivity index (χ0) is 13.1. The Morgan fingerprint density at radius 3 is 2.56 bits per heavy atom. The van der Waals surface area contributed by atoms with Crippen molar-refractivity contribution in [3.8, 4) is 0 Å². The van der Waals surface area contributed by atoms with Crippen LogP contribution in [0, 0.1) is 6.92 Å². The largest absolute Gasteiger partial charge is 0.342 e. The lowest BCUT2D eigenvalue weighted by atomic mass is 10.0. The molecule has 18 heavy (non-hydrogen) atoms. The molecule has 0 unspecified atom stereocenters. The molecule has 1 saturated heterocycles. The first-order valence-corrected chi connectivity index (χ1v) is 6.97. The van der Waals surface area contributed by atoms with E-state index in [4.69, 9.17) is 0 Å². The van der Waals surface area contributed by atoms with Crippen molar-refractivity contribution < 1.29 is 0 Å². The van der Waals surface area contributed by atoms with Crippen LogP contribution >= 0.6 is 0 Å². The van der Waals surface area contributed by atoms with Gasteiger partial charge in [0.05, 0.1) is 11.0 Å². The number of hydrogen-bond donors (Lipinski definition) is 2. The summed E-state index contributed by atoms with van der Waals surface area (Å²) in [5, 5.41) is 3.28. The topological polar surface area (TPSA) is 40.7 Å². The fourth-order valence-corrected chi connectivity index (χ4v) is 2.28. The molecule has 0 spiro atoms. The quantitative estimate of drug-likeness (QED) is 0.853. The Labute approximate surface area is 109 Å². The van der Waals surface area contributed by atoms with Crippen molar-refractivity contribution in [2.24, 2.45) is 0 Å². The van der Waals surface area contributed by atoms with Gasteiger partial charge in [-0.1, -0.05) is 20.8 Å². The first-order chi connectivity index (χ1) is 8.78. The van der Waals surface area contributed by atoms with E-state index >= 15 is 0 Å². The van der Waals surface area contributed by atoms with E-state index in [1.807, 2.05) is 13.8 Å². The molecule has 2 aromatic rings. The summed E-state index contributed by atoms with van der Waals surface area (Å²) in [6.07, 6.45) is 1.08. The lowest BCUT2D eigenvalue weighted by Gasteiger charge is -2.24. The number of aromatic amines is 1. The van der Waals surface area contributed by atoms with E-state index in [1.165, 1.54) is 16.6 Å². The minimum Gasteiger partial charge on any atom is -0.342 e. The molecule has 1 aromatic heterocycles. The van der Waals surface area contributed by atoms with Gasteiger partial charge in [0.2, 0.25) is 0 Å². The highest BCUT2D eigenvalue weighted by atomic mass is 15.0. The molecule has 3 heteroatoms. The van der Waals surface area contributed by atoms with Gasteiger partial charge in [-0.15, -0.1) is 0 Å². The monoisotopic (exact) mass is 245 g/mol. The number of hydrogen-bond acceptors (Lipinski definition) is 2. The number of aromatic nitrogens is 2. The molecule has 0 bridgehead atoms. The van der Waals surface area contributed by atoms with Crippen LogP contribution in [0.15, 0.2) is 12.1 Å². The average molecular weight is 245 g/mol. The molecule has 0 saturated carbocycles. The molecule has 2 heterocycles. The van der Waals surface area contributed by atoms with Crippen molar-refractivity contribution in [2.45, 2.75) is 40.0 Å². The molecule has 1 aromatic carbocycles.